The second-order valence-electron chi connectivity index (χ2n) is 4.34. The fourth-order valence-corrected chi connectivity index (χ4v) is 2.52. The fourth-order valence-electron chi connectivity index (χ4n) is 2.16. The van der Waals surface area contributed by atoms with E-state index in [9.17, 15) is 0 Å². The maximum atomic E-state index is 3.60. The molecule has 0 aromatic heterocycles. The number of hydrogen-bond donors (Lipinski definition) is 1. The molecule has 1 unspecified atom stereocenters. The third kappa shape index (κ3) is 3.10. The summed E-state index contributed by atoms with van der Waals surface area (Å²) >= 11 is 2.36. The molecule has 0 bridgehead atoms. The third-order valence-electron chi connectivity index (χ3n) is 3.16. The van der Waals surface area contributed by atoms with Crippen LogP contribution in [0.25, 0.3) is 0 Å². The molecule has 16 heavy (non-hydrogen) atoms. The summed E-state index contributed by atoms with van der Waals surface area (Å²) < 4.78 is 1.31. The maximum Gasteiger partial charge on any atom is 0.0367 e. The molecule has 1 atom stereocenters. The van der Waals surface area contributed by atoms with Crippen LogP contribution in [-0.2, 0) is 0 Å². The van der Waals surface area contributed by atoms with Crippen molar-refractivity contribution in [1.82, 2.24) is 5.32 Å². The van der Waals surface area contributed by atoms with Crippen LogP contribution in [0.4, 0.5) is 5.69 Å². The average Bonchev–Trinajstić information content (AvgIpc) is 2.55. The van der Waals surface area contributed by atoms with Gasteiger partial charge >= 0.3 is 0 Å². The van der Waals surface area contributed by atoms with Gasteiger partial charge in [-0.25, -0.2) is 0 Å². The molecule has 0 saturated carbocycles. The fraction of sp³-hybridized carbons (Fsp3) is 0.538. The molecule has 2 rings (SSSR count). The molecule has 0 radical (unpaired) electrons. The molecule has 1 heterocycles. The molecule has 1 fully saturated rings. The SMILES string of the molecule is CCC1CN(c2ccc(I)cc2)CCCN1. The Morgan fingerprint density at radius 1 is 1.38 bits per heavy atom. The van der Waals surface area contributed by atoms with Gasteiger partial charge < -0.3 is 10.2 Å². The van der Waals surface area contributed by atoms with Gasteiger partial charge in [0.05, 0.1) is 0 Å². The first-order valence-corrected chi connectivity index (χ1v) is 7.11. The van der Waals surface area contributed by atoms with Crippen molar-refractivity contribution in [2.45, 2.75) is 25.8 Å². The quantitative estimate of drug-likeness (QED) is 0.839. The van der Waals surface area contributed by atoms with E-state index >= 15 is 0 Å². The molecule has 1 aliphatic rings. The average molecular weight is 330 g/mol. The Morgan fingerprint density at radius 3 is 2.81 bits per heavy atom. The molecule has 1 N–H and O–H groups in total. The maximum absolute atomic E-state index is 3.60. The Labute approximate surface area is 112 Å². The van der Waals surface area contributed by atoms with Gasteiger partial charge in [0.15, 0.2) is 0 Å². The number of rotatable bonds is 2. The van der Waals surface area contributed by atoms with Gasteiger partial charge in [0.2, 0.25) is 0 Å². The van der Waals surface area contributed by atoms with E-state index in [1.807, 2.05) is 0 Å². The van der Waals surface area contributed by atoms with Crippen LogP contribution in [0.5, 0.6) is 0 Å². The summed E-state index contributed by atoms with van der Waals surface area (Å²) in [5.74, 6) is 0. The highest BCUT2D eigenvalue weighted by Crippen LogP contribution is 2.18. The van der Waals surface area contributed by atoms with Crippen molar-refractivity contribution < 1.29 is 0 Å². The van der Waals surface area contributed by atoms with Gasteiger partial charge in [-0.05, 0) is 66.2 Å². The zero-order chi connectivity index (χ0) is 11.4. The zero-order valence-corrected chi connectivity index (χ0v) is 11.9. The number of hydrogen-bond acceptors (Lipinski definition) is 2. The van der Waals surface area contributed by atoms with Gasteiger partial charge in [0, 0.05) is 28.4 Å². The topological polar surface area (TPSA) is 15.3 Å². The zero-order valence-electron chi connectivity index (χ0n) is 9.75. The summed E-state index contributed by atoms with van der Waals surface area (Å²) in [5, 5.41) is 3.60. The number of nitrogens with zero attached hydrogens (tertiary/aromatic N) is 1. The highest BCUT2D eigenvalue weighted by atomic mass is 127. The van der Waals surface area contributed by atoms with Gasteiger partial charge in [-0.2, -0.15) is 0 Å². The van der Waals surface area contributed by atoms with Crippen LogP contribution in [0.3, 0.4) is 0 Å². The lowest BCUT2D eigenvalue weighted by atomic mass is 10.2. The lowest BCUT2D eigenvalue weighted by molar-refractivity contribution is 0.528. The Balaban J connectivity index is 2.09. The largest absolute Gasteiger partial charge is 0.370 e. The predicted octanol–water partition coefficient (Wildman–Crippen LogP) is 2.87. The van der Waals surface area contributed by atoms with Crippen LogP contribution in [0, 0.1) is 3.57 Å². The lowest BCUT2D eigenvalue weighted by Crippen LogP contribution is -2.37. The summed E-state index contributed by atoms with van der Waals surface area (Å²) in [7, 11) is 0. The van der Waals surface area contributed by atoms with Crippen LogP contribution < -0.4 is 10.2 Å². The minimum absolute atomic E-state index is 0.641. The van der Waals surface area contributed by atoms with E-state index < -0.39 is 0 Å². The van der Waals surface area contributed by atoms with E-state index in [1.54, 1.807) is 0 Å². The van der Waals surface area contributed by atoms with Gasteiger partial charge in [-0.1, -0.05) is 6.92 Å². The first-order valence-electron chi connectivity index (χ1n) is 6.03. The lowest BCUT2D eigenvalue weighted by Gasteiger charge is -2.26. The number of anilines is 1. The normalized spacial score (nSPS) is 21.9. The predicted molar refractivity (Wildman–Crippen MR) is 78.1 cm³/mol. The van der Waals surface area contributed by atoms with Crippen molar-refractivity contribution in [2.75, 3.05) is 24.5 Å². The molecule has 3 heteroatoms. The van der Waals surface area contributed by atoms with E-state index in [4.69, 9.17) is 0 Å². The minimum Gasteiger partial charge on any atom is -0.370 e. The summed E-state index contributed by atoms with van der Waals surface area (Å²) in [6.45, 7) is 5.72. The molecule has 2 nitrogen and oxygen atoms in total. The van der Waals surface area contributed by atoms with Crippen LogP contribution in [-0.4, -0.2) is 25.7 Å². The Kier molecular flexibility index (Phi) is 4.46. The summed E-state index contributed by atoms with van der Waals surface area (Å²) in [5.41, 5.74) is 1.36. The highest BCUT2D eigenvalue weighted by molar-refractivity contribution is 14.1. The molecule has 1 aromatic carbocycles. The number of benzene rings is 1. The number of halogens is 1. The second kappa shape index (κ2) is 5.87. The molecule has 88 valence electrons. The van der Waals surface area contributed by atoms with Crippen molar-refractivity contribution >= 4 is 28.3 Å². The standard InChI is InChI=1S/C13H19IN2/c1-2-12-10-16(9-3-8-15-12)13-6-4-11(14)5-7-13/h4-7,12,15H,2-3,8-10H2,1H3. The molecule has 0 aliphatic carbocycles. The van der Waals surface area contributed by atoms with Crippen LogP contribution in [0.1, 0.15) is 19.8 Å². The van der Waals surface area contributed by atoms with E-state index in [1.165, 1.54) is 28.6 Å². The second-order valence-corrected chi connectivity index (χ2v) is 5.58. The Bertz CT molecular complexity index is 323. The monoisotopic (exact) mass is 330 g/mol. The molecule has 0 spiro atoms. The molecule has 1 aliphatic heterocycles. The van der Waals surface area contributed by atoms with Crippen molar-refractivity contribution in [3.05, 3.63) is 27.8 Å². The van der Waals surface area contributed by atoms with Gasteiger partial charge in [-0.3, -0.25) is 0 Å². The first kappa shape index (κ1) is 12.2. The highest BCUT2D eigenvalue weighted by Gasteiger charge is 2.16. The van der Waals surface area contributed by atoms with Gasteiger partial charge in [-0.15, -0.1) is 0 Å². The van der Waals surface area contributed by atoms with Crippen molar-refractivity contribution in [3.63, 3.8) is 0 Å². The molecule has 1 saturated heterocycles. The molecular weight excluding hydrogens is 311 g/mol. The van der Waals surface area contributed by atoms with Gasteiger partial charge in [0.25, 0.3) is 0 Å². The molecule has 1 aromatic rings. The third-order valence-corrected chi connectivity index (χ3v) is 3.88. The van der Waals surface area contributed by atoms with Crippen LogP contribution in [0.15, 0.2) is 24.3 Å². The van der Waals surface area contributed by atoms with E-state index in [2.05, 4.69) is 64.0 Å². The Morgan fingerprint density at radius 2 is 2.12 bits per heavy atom. The van der Waals surface area contributed by atoms with E-state index in [-0.39, 0.29) is 0 Å². The smallest absolute Gasteiger partial charge is 0.0367 e. The van der Waals surface area contributed by atoms with E-state index in [0.29, 0.717) is 6.04 Å². The van der Waals surface area contributed by atoms with Crippen LogP contribution in [0.2, 0.25) is 0 Å². The molecule has 0 amide bonds. The first-order chi connectivity index (χ1) is 7.79. The van der Waals surface area contributed by atoms with Crippen molar-refractivity contribution in [2.24, 2.45) is 0 Å². The van der Waals surface area contributed by atoms with Crippen LogP contribution >= 0.6 is 22.6 Å². The van der Waals surface area contributed by atoms with Gasteiger partial charge in [0.1, 0.15) is 0 Å². The summed E-state index contributed by atoms with van der Waals surface area (Å²) in [6, 6.07) is 9.49. The minimum atomic E-state index is 0.641. The summed E-state index contributed by atoms with van der Waals surface area (Å²) in [6.07, 6.45) is 2.45. The summed E-state index contributed by atoms with van der Waals surface area (Å²) in [4.78, 5) is 2.50. The van der Waals surface area contributed by atoms with E-state index in [0.717, 1.165) is 13.1 Å². The van der Waals surface area contributed by atoms with Crippen molar-refractivity contribution in [3.8, 4) is 0 Å². The Hall–Kier alpha value is -0.290. The van der Waals surface area contributed by atoms with Crippen molar-refractivity contribution in [1.29, 1.82) is 0 Å². The number of nitrogens with one attached hydrogen (secondary N) is 1. The molecular formula is C13H19IN2.